The molecule has 3 rings (SSSR count). The molecule has 0 radical (unpaired) electrons. The van der Waals surface area contributed by atoms with Crippen molar-refractivity contribution in [2.45, 2.75) is 17.5 Å². The maximum Gasteiger partial charge on any atom is 0.305 e. The van der Waals surface area contributed by atoms with Crippen molar-refractivity contribution in [2.75, 3.05) is 18.5 Å². The van der Waals surface area contributed by atoms with Crippen molar-refractivity contribution in [2.24, 2.45) is 0 Å². The number of aliphatic hydroxyl groups excluding tert-OH is 1. The van der Waals surface area contributed by atoms with Gasteiger partial charge < -0.3 is 20.3 Å². The molecule has 0 aliphatic heterocycles. The first-order valence-corrected chi connectivity index (χ1v) is 11.8. The number of aromatic nitrogens is 2. The summed E-state index contributed by atoms with van der Waals surface area (Å²) in [6.07, 6.45) is 1.45. The molecule has 0 aliphatic rings. The Labute approximate surface area is 201 Å². The summed E-state index contributed by atoms with van der Waals surface area (Å²) >= 11 is 0. The summed E-state index contributed by atoms with van der Waals surface area (Å²) in [7, 11) is -4.12. The molecular weight excluding hydrogens is 478 g/mol. The maximum atomic E-state index is 12.9. The highest BCUT2D eigenvalue weighted by Crippen LogP contribution is 2.15. The minimum Gasteiger partial charge on any atom is -0.489 e. The second-order valence-corrected chi connectivity index (χ2v) is 8.74. The molecule has 0 fully saturated rings. The molecular formula is C22H23N5O7S. The predicted molar refractivity (Wildman–Crippen MR) is 124 cm³/mol. The Balaban J connectivity index is 1.65. The van der Waals surface area contributed by atoms with E-state index in [4.69, 9.17) is 9.84 Å². The molecule has 0 aliphatic carbocycles. The van der Waals surface area contributed by atoms with Crippen LogP contribution in [0.3, 0.4) is 0 Å². The first-order chi connectivity index (χ1) is 16.7. The van der Waals surface area contributed by atoms with Gasteiger partial charge in [-0.3, -0.25) is 14.6 Å². The maximum absolute atomic E-state index is 12.9. The zero-order chi connectivity index (χ0) is 25.3. The van der Waals surface area contributed by atoms with Gasteiger partial charge in [0.05, 0.1) is 11.3 Å². The number of carbonyl (C=O) groups excluding carboxylic acids is 1. The number of hydrazine groups is 1. The molecule has 0 saturated carbocycles. The molecule has 1 aromatic heterocycles. The second kappa shape index (κ2) is 11.9. The number of amides is 1. The largest absolute Gasteiger partial charge is 0.489 e. The van der Waals surface area contributed by atoms with E-state index in [0.717, 1.165) is 5.01 Å². The van der Waals surface area contributed by atoms with Gasteiger partial charge in [0.1, 0.15) is 12.4 Å². The smallest absolute Gasteiger partial charge is 0.305 e. The fourth-order valence-corrected chi connectivity index (χ4v) is 3.87. The monoisotopic (exact) mass is 501 g/mol. The first-order valence-electron chi connectivity index (χ1n) is 10.3. The van der Waals surface area contributed by atoms with E-state index in [1.165, 1.54) is 60.9 Å². The van der Waals surface area contributed by atoms with Gasteiger partial charge in [0, 0.05) is 24.5 Å². The number of aliphatic carboxylic acids is 1. The average Bonchev–Trinajstić information content (AvgIpc) is 2.86. The van der Waals surface area contributed by atoms with Gasteiger partial charge in [-0.05, 0) is 42.5 Å². The number of nitrogens with zero attached hydrogens (tertiary/aromatic N) is 3. The van der Waals surface area contributed by atoms with Gasteiger partial charge in [-0.15, -0.1) is 4.83 Å². The number of rotatable bonds is 12. The average molecular weight is 502 g/mol. The number of aliphatic hydroxyl groups is 1. The molecule has 1 heterocycles. The van der Waals surface area contributed by atoms with Crippen molar-refractivity contribution in [3.05, 3.63) is 78.6 Å². The number of carbonyl (C=O) groups is 2. The van der Waals surface area contributed by atoms with Crippen LogP contribution in [-0.4, -0.2) is 64.9 Å². The normalized spacial score (nSPS) is 11.9. The number of hydrogen-bond acceptors (Lipinski definition) is 9. The van der Waals surface area contributed by atoms with E-state index in [-0.39, 0.29) is 23.0 Å². The third-order valence-corrected chi connectivity index (χ3v) is 5.80. The van der Waals surface area contributed by atoms with Crippen molar-refractivity contribution in [3.8, 4) is 5.75 Å². The standard InChI is InChI=1S/C22H23N5O7S/c28-19(25-22-23-12-4-13-24-22)15-34-17-9-7-16(8-10-17)21(31)27(14-11-20(29)30)26-35(32,33)18-5-2-1-3-6-18/h1-10,12-13,19,26,28H,11,14-15H2,(H,29,30)(H,23,24,25)/t19-/m0/s1. The van der Waals surface area contributed by atoms with Crippen LogP contribution in [0.5, 0.6) is 5.75 Å². The molecule has 0 bridgehead atoms. The van der Waals surface area contributed by atoms with Gasteiger partial charge in [0.2, 0.25) is 5.95 Å². The van der Waals surface area contributed by atoms with Crippen molar-refractivity contribution < 1.29 is 33.0 Å². The number of carboxylic acids is 1. The van der Waals surface area contributed by atoms with E-state index in [1.807, 2.05) is 0 Å². The summed E-state index contributed by atoms with van der Waals surface area (Å²) in [6, 6.07) is 14.7. The molecule has 35 heavy (non-hydrogen) atoms. The van der Waals surface area contributed by atoms with Crippen LogP contribution < -0.4 is 14.9 Å². The van der Waals surface area contributed by atoms with Gasteiger partial charge in [0.25, 0.3) is 15.9 Å². The molecule has 12 nitrogen and oxygen atoms in total. The summed E-state index contributed by atoms with van der Waals surface area (Å²) in [5.41, 5.74) is 0.0925. The zero-order valence-electron chi connectivity index (χ0n) is 18.3. The lowest BCUT2D eigenvalue weighted by atomic mass is 10.2. The number of anilines is 1. The number of hydrogen-bond donors (Lipinski definition) is 4. The van der Waals surface area contributed by atoms with Crippen LogP contribution in [0.15, 0.2) is 78.0 Å². The minimum absolute atomic E-state index is 0.0788. The van der Waals surface area contributed by atoms with E-state index < -0.39 is 41.1 Å². The Bertz CT molecular complexity index is 1230. The highest BCUT2D eigenvalue weighted by molar-refractivity contribution is 7.89. The molecule has 4 N–H and O–H groups in total. The van der Waals surface area contributed by atoms with E-state index >= 15 is 0 Å². The summed E-state index contributed by atoms with van der Waals surface area (Å²) < 4.78 is 30.8. The Morgan fingerprint density at radius 1 is 1.00 bits per heavy atom. The van der Waals surface area contributed by atoms with Crippen LogP contribution in [0.25, 0.3) is 0 Å². The first kappa shape index (κ1) is 25.6. The number of sulfonamides is 1. The lowest BCUT2D eigenvalue weighted by Gasteiger charge is -2.23. The summed E-state index contributed by atoms with van der Waals surface area (Å²) in [5.74, 6) is -1.39. The number of ether oxygens (including phenoxy) is 1. The van der Waals surface area contributed by atoms with Crippen molar-refractivity contribution in [3.63, 3.8) is 0 Å². The van der Waals surface area contributed by atoms with Crippen LogP contribution in [0.1, 0.15) is 16.8 Å². The summed E-state index contributed by atoms with van der Waals surface area (Å²) in [6.45, 7) is -0.537. The number of carboxylic acid groups (broad SMARTS) is 1. The van der Waals surface area contributed by atoms with Gasteiger partial charge in [-0.2, -0.15) is 0 Å². The van der Waals surface area contributed by atoms with Crippen LogP contribution in [0.4, 0.5) is 5.95 Å². The Hall–Kier alpha value is -4.07. The van der Waals surface area contributed by atoms with E-state index in [1.54, 1.807) is 12.1 Å². The van der Waals surface area contributed by atoms with Crippen molar-refractivity contribution >= 4 is 27.8 Å². The lowest BCUT2D eigenvalue weighted by Crippen LogP contribution is -2.47. The van der Waals surface area contributed by atoms with Crippen LogP contribution >= 0.6 is 0 Å². The van der Waals surface area contributed by atoms with Gasteiger partial charge in [-0.25, -0.2) is 18.4 Å². The highest BCUT2D eigenvalue weighted by Gasteiger charge is 2.24. The van der Waals surface area contributed by atoms with Gasteiger partial charge in [0.15, 0.2) is 6.23 Å². The van der Waals surface area contributed by atoms with Crippen LogP contribution in [0.2, 0.25) is 0 Å². The predicted octanol–water partition coefficient (Wildman–Crippen LogP) is 1.10. The SMILES string of the molecule is O=C(O)CCN(NS(=O)(=O)c1ccccc1)C(=O)c1ccc(OC[C@H](O)Nc2ncccn2)cc1. The number of benzene rings is 2. The molecule has 2 aromatic carbocycles. The van der Waals surface area contributed by atoms with Crippen molar-refractivity contribution in [1.82, 2.24) is 19.8 Å². The van der Waals surface area contributed by atoms with E-state index in [0.29, 0.717) is 5.75 Å². The third-order valence-electron chi connectivity index (χ3n) is 4.45. The third kappa shape index (κ3) is 7.74. The molecule has 1 amide bonds. The molecule has 0 unspecified atom stereocenters. The molecule has 1 atom stereocenters. The molecule has 0 spiro atoms. The Morgan fingerprint density at radius 3 is 2.29 bits per heavy atom. The zero-order valence-corrected chi connectivity index (χ0v) is 19.1. The quantitative estimate of drug-likeness (QED) is 0.208. The Kier molecular flexibility index (Phi) is 8.67. The molecule has 0 saturated heterocycles. The van der Waals surface area contributed by atoms with Gasteiger partial charge >= 0.3 is 5.97 Å². The molecule has 184 valence electrons. The molecule has 3 aromatic rings. The van der Waals surface area contributed by atoms with Crippen LogP contribution in [-0.2, 0) is 14.8 Å². The number of nitrogens with one attached hydrogen (secondary N) is 2. The fourth-order valence-electron chi connectivity index (χ4n) is 2.78. The topological polar surface area (TPSA) is 171 Å². The summed E-state index contributed by atoms with van der Waals surface area (Å²) in [5, 5.41) is 22.4. The van der Waals surface area contributed by atoms with E-state index in [9.17, 15) is 23.1 Å². The highest BCUT2D eigenvalue weighted by atomic mass is 32.2. The summed E-state index contributed by atoms with van der Waals surface area (Å²) in [4.78, 5) is 33.9. The second-order valence-electron chi connectivity index (χ2n) is 7.08. The minimum atomic E-state index is -4.12. The fraction of sp³-hybridized carbons (Fsp3) is 0.182. The van der Waals surface area contributed by atoms with Crippen LogP contribution in [0, 0.1) is 0 Å². The van der Waals surface area contributed by atoms with E-state index in [2.05, 4.69) is 20.1 Å². The lowest BCUT2D eigenvalue weighted by molar-refractivity contribution is -0.137. The van der Waals surface area contributed by atoms with Gasteiger partial charge in [-0.1, -0.05) is 18.2 Å². The Morgan fingerprint density at radius 2 is 1.66 bits per heavy atom. The molecule has 13 heteroatoms. The van der Waals surface area contributed by atoms with Crippen molar-refractivity contribution in [1.29, 1.82) is 0 Å².